The number of halogens is 1. The zero-order chi connectivity index (χ0) is 21.6. The van der Waals surface area contributed by atoms with Crippen molar-refractivity contribution in [2.24, 2.45) is 5.92 Å². The largest absolute Gasteiger partial charge is 0.494 e. The summed E-state index contributed by atoms with van der Waals surface area (Å²) in [6.07, 6.45) is 6.89. The minimum atomic E-state index is -0.922. The Kier molecular flexibility index (Phi) is 5.09. The lowest BCUT2D eigenvalue weighted by molar-refractivity contribution is -0.145. The van der Waals surface area contributed by atoms with Crippen LogP contribution in [-0.2, 0) is 10.2 Å². The molecule has 1 aromatic carbocycles. The molecule has 1 N–H and O–H groups in total. The third-order valence-electron chi connectivity index (χ3n) is 6.90. The molecule has 2 fully saturated rings. The maximum absolute atomic E-state index is 15.1. The molecule has 2 atom stereocenters. The van der Waals surface area contributed by atoms with Crippen molar-refractivity contribution in [1.82, 2.24) is 9.88 Å². The lowest BCUT2D eigenvalue weighted by Gasteiger charge is -2.50. The van der Waals surface area contributed by atoms with Gasteiger partial charge in [0.2, 0.25) is 5.91 Å². The zero-order valence-electron chi connectivity index (χ0n) is 18.0. The first-order chi connectivity index (χ1) is 14.3. The van der Waals surface area contributed by atoms with Gasteiger partial charge in [-0.1, -0.05) is 11.6 Å². The van der Waals surface area contributed by atoms with Crippen LogP contribution in [0.25, 0.3) is 10.9 Å². The Morgan fingerprint density at radius 1 is 1.33 bits per heavy atom. The molecule has 0 spiro atoms. The average Bonchev–Trinajstić information content (AvgIpc) is 3.18. The molecular formula is C24H28FN3O2. The van der Waals surface area contributed by atoms with Crippen LogP contribution in [0.2, 0.25) is 0 Å². The first kappa shape index (κ1) is 20.5. The second kappa shape index (κ2) is 7.46. The summed E-state index contributed by atoms with van der Waals surface area (Å²) < 4.78 is 20.3. The number of rotatable bonds is 3. The highest BCUT2D eigenvalue weighted by Crippen LogP contribution is 2.43. The van der Waals surface area contributed by atoms with Gasteiger partial charge in [0.05, 0.1) is 24.5 Å². The van der Waals surface area contributed by atoms with E-state index in [-0.39, 0.29) is 29.7 Å². The SMILES string of the molecule is CC=C1CC2CC(C#N)CC(C1)N2C(=O)C(C)(C)c1c[nH]c2ccc(OC)c(F)c12. The number of aromatic nitrogens is 1. The van der Waals surface area contributed by atoms with E-state index in [4.69, 9.17) is 4.74 Å². The summed E-state index contributed by atoms with van der Waals surface area (Å²) >= 11 is 0. The number of aromatic amines is 1. The van der Waals surface area contributed by atoms with Gasteiger partial charge in [-0.2, -0.15) is 5.26 Å². The molecule has 2 unspecified atom stereocenters. The highest BCUT2D eigenvalue weighted by Gasteiger charge is 2.47. The van der Waals surface area contributed by atoms with E-state index >= 15 is 4.39 Å². The summed E-state index contributed by atoms with van der Waals surface area (Å²) in [5.74, 6) is -0.310. The van der Waals surface area contributed by atoms with Crippen LogP contribution >= 0.6 is 0 Å². The predicted molar refractivity (Wildman–Crippen MR) is 114 cm³/mol. The number of benzene rings is 1. The van der Waals surface area contributed by atoms with Crippen molar-refractivity contribution >= 4 is 16.8 Å². The predicted octanol–water partition coefficient (Wildman–Crippen LogP) is 4.83. The first-order valence-electron chi connectivity index (χ1n) is 10.5. The van der Waals surface area contributed by atoms with Gasteiger partial charge < -0.3 is 14.6 Å². The Morgan fingerprint density at radius 3 is 2.57 bits per heavy atom. The molecule has 2 saturated heterocycles. The Hall–Kier alpha value is -2.81. The quantitative estimate of drug-likeness (QED) is 0.738. The molecule has 30 heavy (non-hydrogen) atoms. The monoisotopic (exact) mass is 409 g/mol. The van der Waals surface area contributed by atoms with E-state index in [1.165, 1.54) is 12.7 Å². The number of nitrogens with zero attached hydrogens (tertiary/aromatic N) is 2. The molecule has 5 nitrogen and oxygen atoms in total. The maximum Gasteiger partial charge on any atom is 0.233 e. The minimum Gasteiger partial charge on any atom is -0.494 e. The van der Waals surface area contributed by atoms with Crippen LogP contribution in [0, 0.1) is 23.1 Å². The number of methoxy groups -OCH3 is 1. The molecule has 2 aliphatic heterocycles. The second-order valence-electron chi connectivity index (χ2n) is 9.00. The fourth-order valence-electron chi connectivity index (χ4n) is 5.25. The van der Waals surface area contributed by atoms with Crippen LogP contribution in [0.1, 0.15) is 52.0 Å². The van der Waals surface area contributed by atoms with Gasteiger partial charge >= 0.3 is 0 Å². The number of hydrogen-bond donors (Lipinski definition) is 1. The molecule has 0 radical (unpaired) electrons. The van der Waals surface area contributed by atoms with Crippen LogP contribution in [-0.4, -0.2) is 35.0 Å². The highest BCUT2D eigenvalue weighted by atomic mass is 19.1. The van der Waals surface area contributed by atoms with E-state index in [0.717, 1.165) is 12.8 Å². The van der Waals surface area contributed by atoms with E-state index in [2.05, 4.69) is 17.1 Å². The number of hydrogen-bond acceptors (Lipinski definition) is 3. The molecule has 2 bridgehead atoms. The van der Waals surface area contributed by atoms with E-state index in [1.54, 1.807) is 18.3 Å². The minimum absolute atomic E-state index is 0.00726. The van der Waals surface area contributed by atoms with Crippen LogP contribution < -0.4 is 4.74 Å². The molecule has 4 rings (SSSR count). The van der Waals surface area contributed by atoms with Crippen molar-refractivity contribution in [1.29, 1.82) is 5.26 Å². The Morgan fingerprint density at radius 2 is 2.00 bits per heavy atom. The summed E-state index contributed by atoms with van der Waals surface area (Å²) in [4.78, 5) is 19.0. The van der Waals surface area contributed by atoms with Crippen LogP contribution in [0.15, 0.2) is 30.0 Å². The van der Waals surface area contributed by atoms with Crippen molar-refractivity contribution in [3.05, 3.63) is 41.4 Å². The van der Waals surface area contributed by atoms with Crippen LogP contribution in [0.3, 0.4) is 0 Å². The standard InChI is InChI=1S/C24H28FN3O2/c1-5-14-8-16-10-15(12-26)11-17(9-14)28(16)23(29)24(2,3)18-13-27-19-6-7-20(30-4)22(25)21(18)19/h5-7,13,15-17,27H,8-11H2,1-4H3. The lowest BCUT2D eigenvalue weighted by Crippen LogP contribution is -2.59. The van der Waals surface area contributed by atoms with Gasteiger partial charge in [0.1, 0.15) is 0 Å². The number of carbonyl (C=O) groups is 1. The number of fused-ring (bicyclic) bond motifs is 3. The Bertz CT molecular complexity index is 1040. The van der Waals surface area contributed by atoms with E-state index < -0.39 is 11.2 Å². The van der Waals surface area contributed by atoms with Crippen molar-refractivity contribution in [3.63, 3.8) is 0 Å². The van der Waals surface area contributed by atoms with Gasteiger partial charge in [0, 0.05) is 29.2 Å². The van der Waals surface area contributed by atoms with Gasteiger partial charge in [-0.3, -0.25) is 4.79 Å². The molecule has 2 aromatic rings. The number of ether oxygens (including phenoxy) is 1. The van der Waals surface area contributed by atoms with E-state index in [0.29, 0.717) is 29.3 Å². The average molecular weight is 410 g/mol. The lowest BCUT2D eigenvalue weighted by atomic mass is 9.74. The normalized spacial score (nSPS) is 23.9. The van der Waals surface area contributed by atoms with Gasteiger partial charge in [-0.25, -0.2) is 4.39 Å². The van der Waals surface area contributed by atoms with Crippen molar-refractivity contribution < 1.29 is 13.9 Å². The topological polar surface area (TPSA) is 69.1 Å². The summed E-state index contributed by atoms with van der Waals surface area (Å²) in [7, 11) is 1.44. The number of nitriles is 1. The molecule has 0 saturated carbocycles. The molecular weight excluding hydrogens is 381 g/mol. The smallest absolute Gasteiger partial charge is 0.233 e. The molecule has 1 amide bonds. The number of nitrogens with one attached hydrogen (secondary N) is 1. The summed E-state index contributed by atoms with van der Waals surface area (Å²) in [5.41, 5.74) is 1.70. The fraction of sp³-hybridized carbons (Fsp3) is 0.500. The molecule has 3 heterocycles. The van der Waals surface area contributed by atoms with Crippen LogP contribution in [0.5, 0.6) is 5.75 Å². The van der Waals surface area contributed by atoms with Crippen molar-refractivity contribution in [2.75, 3.05) is 7.11 Å². The van der Waals surface area contributed by atoms with E-state index in [9.17, 15) is 10.1 Å². The Labute approximate surface area is 176 Å². The molecule has 158 valence electrons. The number of H-pyrrole nitrogens is 1. The number of carbonyl (C=O) groups excluding carboxylic acids is 1. The highest BCUT2D eigenvalue weighted by molar-refractivity contribution is 5.96. The van der Waals surface area contributed by atoms with Gasteiger partial charge in [-0.05, 0) is 64.2 Å². The number of amides is 1. The summed E-state index contributed by atoms with van der Waals surface area (Å²) in [6.45, 7) is 5.76. The van der Waals surface area contributed by atoms with Gasteiger partial charge in [0.15, 0.2) is 11.6 Å². The van der Waals surface area contributed by atoms with Gasteiger partial charge in [-0.15, -0.1) is 0 Å². The third kappa shape index (κ3) is 3.08. The second-order valence-corrected chi connectivity index (χ2v) is 9.00. The molecule has 0 aliphatic carbocycles. The zero-order valence-corrected chi connectivity index (χ0v) is 18.0. The molecule has 2 aliphatic rings. The third-order valence-corrected chi connectivity index (χ3v) is 6.90. The molecule has 6 heteroatoms. The molecule has 1 aromatic heterocycles. The summed E-state index contributed by atoms with van der Waals surface area (Å²) in [6, 6.07) is 5.80. The maximum atomic E-state index is 15.1. The fourth-order valence-corrected chi connectivity index (χ4v) is 5.25. The van der Waals surface area contributed by atoms with E-state index in [1.807, 2.05) is 25.7 Å². The number of piperidine rings is 2. The summed E-state index contributed by atoms with van der Waals surface area (Å²) in [5, 5.41) is 9.88. The number of allylic oxidation sites excluding steroid dienone is 1. The Balaban J connectivity index is 1.74. The van der Waals surface area contributed by atoms with Crippen molar-refractivity contribution in [2.45, 2.75) is 64.0 Å². The van der Waals surface area contributed by atoms with Crippen LogP contribution in [0.4, 0.5) is 4.39 Å². The van der Waals surface area contributed by atoms with Crippen molar-refractivity contribution in [3.8, 4) is 11.8 Å². The van der Waals surface area contributed by atoms with Gasteiger partial charge in [0.25, 0.3) is 0 Å². The first-order valence-corrected chi connectivity index (χ1v) is 10.5.